The number of amides is 2. The number of carbonyl (C=O) groups excluding carboxylic acids is 2. The van der Waals surface area contributed by atoms with Gasteiger partial charge >= 0.3 is 0 Å². The van der Waals surface area contributed by atoms with Crippen LogP contribution in [0.4, 0.5) is 11.4 Å². The molecule has 0 saturated carbocycles. The van der Waals surface area contributed by atoms with Crippen molar-refractivity contribution in [2.24, 2.45) is 0 Å². The van der Waals surface area contributed by atoms with Crippen LogP contribution in [-0.4, -0.2) is 32.6 Å². The summed E-state index contributed by atoms with van der Waals surface area (Å²) in [5.41, 5.74) is 2.33. The van der Waals surface area contributed by atoms with Gasteiger partial charge in [0.15, 0.2) is 18.1 Å². The lowest BCUT2D eigenvalue weighted by atomic mass is 10.1. The van der Waals surface area contributed by atoms with Crippen molar-refractivity contribution in [3.8, 4) is 17.2 Å². The molecule has 2 aromatic rings. The van der Waals surface area contributed by atoms with Crippen LogP contribution in [0.5, 0.6) is 17.2 Å². The van der Waals surface area contributed by atoms with Gasteiger partial charge in [0.1, 0.15) is 5.75 Å². The van der Waals surface area contributed by atoms with Crippen molar-refractivity contribution < 1.29 is 23.8 Å². The zero-order valence-electron chi connectivity index (χ0n) is 14.1. The van der Waals surface area contributed by atoms with Crippen molar-refractivity contribution in [3.05, 3.63) is 41.5 Å². The Labute approximate surface area is 144 Å². The zero-order chi connectivity index (χ0) is 18.0. The number of rotatable bonds is 4. The summed E-state index contributed by atoms with van der Waals surface area (Å²) in [6.45, 7) is 1.84. The molecule has 0 fully saturated rings. The summed E-state index contributed by atoms with van der Waals surface area (Å²) in [4.78, 5) is 24.0. The fourth-order valence-electron chi connectivity index (χ4n) is 2.53. The van der Waals surface area contributed by atoms with E-state index in [1.807, 2.05) is 6.92 Å². The van der Waals surface area contributed by atoms with Crippen LogP contribution < -0.4 is 24.8 Å². The van der Waals surface area contributed by atoms with Crippen LogP contribution in [0.1, 0.15) is 15.9 Å². The summed E-state index contributed by atoms with van der Waals surface area (Å²) in [6, 6.07) is 8.37. The maximum Gasteiger partial charge on any atom is 0.262 e. The largest absolute Gasteiger partial charge is 0.493 e. The first-order chi connectivity index (χ1) is 12.0. The van der Waals surface area contributed by atoms with Gasteiger partial charge in [-0.25, -0.2) is 0 Å². The normalized spacial score (nSPS) is 12.5. The molecule has 7 heteroatoms. The molecule has 7 nitrogen and oxygen atoms in total. The highest BCUT2D eigenvalue weighted by atomic mass is 16.5. The van der Waals surface area contributed by atoms with E-state index in [-0.39, 0.29) is 18.4 Å². The molecule has 0 saturated heterocycles. The molecule has 130 valence electrons. The van der Waals surface area contributed by atoms with E-state index in [1.54, 1.807) is 37.4 Å². The van der Waals surface area contributed by atoms with E-state index < -0.39 is 0 Å². The van der Waals surface area contributed by atoms with Gasteiger partial charge in [0, 0.05) is 17.3 Å². The number of methoxy groups -OCH3 is 2. The molecule has 0 unspecified atom stereocenters. The Balaban J connectivity index is 1.85. The molecule has 3 rings (SSSR count). The second-order valence-corrected chi connectivity index (χ2v) is 5.52. The molecule has 0 bridgehead atoms. The molecule has 2 amide bonds. The molecular weight excluding hydrogens is 324 g/mol. The van der Waals surface area contributed by atoms with Crippen molar-refractivity contribution in [1.82, 2.24) is 0 Å². The van der Waals surface area contributed by atoms with Crippen LogP contribution in [0.25, 0.3) is 0 Å². The Morgan fingerprint density at radius 2 is 1.88 bits per heavy atom. The van der Waals surface area contributed by atoms with Gasteiger partial charge in [0.2, 0.25) is 0 Å². The molecule has 0 atom stereocenters. The monoisotopic (exact) mass is 342 g/mol. The molecule has 0 aromatic heterocycles. The van der Waals surface area contributed by atoms with Gasteiger partial charge in [-0.05, 0) is 36.8 Å². The molecule has 2 aromatic carbocycles. The maximum atomic E-state index is 12.6. The van der Waals surface area contributed by atoms with Gasteiger partial charge in [-0.1, -0.05) is 0 Å². The average molecular weight is 342 g/mol. The van der Waals surface area contributed by atoms with Crippen LogP contribution in [0.2, 0.25) is 0 Å². The van der Waals surface area contributed by atoms with E-state index in [4.69, 9.17) is 14.2 Å². The van der Waals surface area contributed by atoms with Gasteiger partial charge in [0.25, 0.3) is 11.8 Å². The lowest BCUT2D eigenvalue weighted by Gasteiger charge is -2.18. The maximum absolute atomic E-state index is 12.6. The summed E-state index contributed by atoms with van der Waals surface area (Å²) in [6.07, 6.45) is 0. The smallest absolute Gasteiger partial charge is 0.262 e. The minimum Gasteiger partial charge on any atom is -0.493 e. The molecule has 1 aliphatic heterocycles. The summed E-state index contributed by atoms with van der Waals surface area (Å²) in [5, 5.41) is 5.53. The summed E-state index contributed by atoms with van der Waals surface area (Å²) >= 11 is 0. The first-order valence-electron chi connectivity index (χ1n) is 7.62. The Morgan fingerprint density at radius 3 is 2.60 bits per heavy atom. The van der Waals surface area contributed by atoms with Crippen molar-refractivity contribution in [1.29, 1.82) is 0 Å². The average Bonchev–Trinajstić information content (AvgIpc) is 2.62. The highest BCUT2D eigenvalue weighted by molar-refractivity contribution is 6.06. The second kappa shape index (κ2) is 6.72. The molecule has 0 spiro atoms. The van der Waals surface area contributed by atoms with Crippen LogP contribution in [0.3, 0.4) is 0 Å². The number of hydrogen-bond acceptors (Lipinski definition) is 5. The minimum absolute atomic E-state index is 0.0244. The number of nitrogens with one attached hydrogen (secondary N) is 2. The Hall–Kier alpha value is -3.22. The van der Waals surface area contributed by atoms with Gasteiger partial charge in [-0.2, -0.15) is 0 Å². The van der Waals surface area contributed by atoms with Gasteiger partial charge in [-0.3, -0.25) is 9.59 Å². The second-order valence-electron chi connectivity index (χ2n) is 5.52. The molecule has 25 heavy (non-hydrogen) atoms. The van der Waals surface area contributed by atoms with E-state index >= 15 is 0 Å². The molecule has 2 N–H and O–H groups in total. The van der Waals surface area contributed by atoms with Gasteiger partial charge < -0.3 is 24.8 Å². The van der Waals surface area contributed by atoms with Crippen molar-refractivity contribution in [3.63, 3.8) is 0 Å². The Bertz CT molecular complexity index is 848. The fraction of sp³-hybridized carbons (Fsp3) is 0.222. The summed E-state index contributed by atoms with van der Waals surface area (Å²) in [7, 11) is 3.09. The van der Waals surface area contributed by atoms with Crippen LogP contribution >= 0.6 is 0 Å². The topological polar surface area (TPSA) is 85.9 Å². The van der Waals surface area contributed by atoms with E-state index in [0.717, 1.165) is 5.56 Å². The zero-order valence-corrected chi connectivity index (χ0v) is 14.1. The van der Waals surface area contributed by atoms with Crippen molar-refractivity contribution in [2.45, 2.75) is 6.92 Å². The first kappa shape index (κ1) is 16.6. The van der Waals surface area contributed by atoms with Crippen molar-refractivity contribution >= 4 is 23.2 Å². The molecule has 0 radical (unpaired) electrons. The Morgan fingerprint density at radius 1 is 1.16 bits per heavy atom. The predicted octanol–water partition coefficient (Wildman–Crippen LogP) is 2.60. The lowest BCUT2D eigenvalue weighted by molar-refractivity contribution is -0.118. The van der Waals surface area contributed by atoms with E-state index in [9.17, 15) is 9.59 Å². The molecular formula is C18H18N2O5. The summed E-state index contributed by atoms with van der Waals surface area (Å²) in [5.74, 6) is 1.10. The third-order valence-electron chi connectivity index (χ3n) is 3.85. The van der Waals surface area contributed by atoms with Gasteiger partial charge in [-0.15, -0.1) is 0 Å². The molecule has 0 aliphatic carbocycles. The highest BCUT2D eigenvalue weighted by Gasteiger charge is 2.18. The first-order valence-corrected chi connectivity index (χ1v) is 7.62. The highest BCUT2D eigenvalue weighted by Crippen LogP contribution is 2.33. The van der Waals surface area contributed by atoms with Gasteiger partial charge in [0.05, 0.1) is 19.9 Å². The van der Waals surface area contributed by atoms with Crippen LogP contribution in [0, 0.1) is 6.92 Å². The molecule has 1 heterocycles. The third kappa shape index (κ3) is 3.35. The standard InChI is InChI=1S/C18H18N2O5/c1-10-6-15(23-2)16(24-3)8-12(10)20-18(22)11-4-5-14-13(7-11)19-17(21)9-25-14/h4-8H,9H2,1-3H3,(H,19,21)(H,20,22). The number of anilines is 2. The molecule has 1 aliphatic rings. The summed E-state index contributed by atoms with van der Waals surface area (Å²) < 4.78 is 15.8. The van der Waals surface area contributed by atoms with E-state index in [2.05, 4.69) is 10.6 Å². The quantitative estimate of drug-likeness (QED) is 0.892. The number of ether oxygens (including phenoxy) is 3. The number of aryl methyl sites for hydroxylation is 1. The van der Waals surface area contributed by atoms with E-state index in [0.29, 0.717) is 34.2 Å². The van der Waals surface area contributed by atoms with E-state index in [1.165, 1.54) is 7.11 Å². The lowest BCUT2D eigenvalue weighted by Crippen LogP contribution is -2.25. The number of benzene rings is 2. The Kier molecular flexibility index (Phi) is 4.47. The number of fused-ring (bicyclic) bond motifs is 1. The van der Waals surface area contributed by atoms with Crippen LogP contribution in [-0.2, 0) is 4.79 Å². The predicted molar refractivity (Wildman–Crippen MR) is 92.8 cm³/mol. The van der Waals surface area contributed by atoms with Crippen molar-refractivity contribution in [2.75, 3.05) is 31.5 Å². The minimum atomic E-state index is -0.307. The third-order valence-corrected chi connectivity index (χ3v) is 3.85. The number of hydrogen-bond donors (Lipinski definition) is 2. The SMILES string of the molecule is COc1cc(C)c(NC(=O)c2ccc3c(c2)NC(=O)CO3)cc1OC. The fourth-order valence-corrected chi connectivity index (χ4v) is 2.53. The van der Waals surface area contributed by atoms with Crippen LogP contribution in [0.15, 0.2) is 30.3 Å². The number of carbonyl (C=O) groups is 2.